The fourth-order valence-electron chi connectivity index (χ4n) is 2.00. The van der Waals surface area contributed by atoms with Crippen molar-refractivity contribution < 1.29 is 0 Å². The van der Waals surface area contributed by atoms with E-state index in [0.717, 1.165) is 11.6 Å². The van der Waals surface area contributed by atoms with E-state index >= 15 is 0 Å². The number of rotatable bonds is 2. The van der Waals surface area contributed by atoms with Crippen LogP contribution in [0.1, 0.15) is 52.3 Å². The van der Waals surface area contributed by atoms with Gasteiger partial charge in [-0.15, -0.1) is 0 Å². The molecule has 2 N–H and O–H groups in total. The smallest absolute Gasteiger partial charge is 0.141 e. The summed E-state index contributed by atoms with van der Waals surface area (Å²) in [6, 6.07) is 0.369. The predicted octanol–water partition coefficient (Wildman–Crippen LogP) is 3.39. The number of nitrogens with two attached hydrogens (primary N) is 1. The Kier molecular flexibility index (Phi) is 2.69. The topological polar surface area (TPSA) is 43.8 Å². The van der Waals surface area contributed by atoms with Crippen molar-refractivity contribution in [3.8, 4) is 0 Å². The Bertz CT molecular complexity index is 399. The molecule has 1 aromatic rings. The maximum absolute atomic E-state index is 6.26. The minimum Gasteiger partial charge on any atom is -0.383 e. The average Bonchev–Trinajstić information content (AvgIpc) is 2.94. The summed E-state index contributed by atoms with van der Waals surface area (Å²) in [6.45, 7) is 8.48. The lowest BCUT2D eigenvalue weighted by molar-refractivity contribution is 0.432. The lowest BCUT2D eigenvalue weighted by atomic mass is 9.92. The first kappa shape index (κ1) is 11.8. The van der Waals surface area contributed by atoms with Crippen LogP contribution in [-0.4, -0.2) is 9.78 Å². The minimum absolute atomic E-state index is 0.0558. The van der Waals surface area contributed by atoms with E-state index < -0.39 is 0 Å². The van der Waals surface area contributed by atoms with Crippen molar-refractivity contribution in [3.05, 3.63) is 10.7 Å². The lowest BCUT2D eigenvalue weighted by Gasteiger charge is -2.16. The summed E-state index contributed by atoms with van der Waals surface area (Å²) >= 11 is 6.26. The average molecular weight is 242 g/mol. The Balaban J connectivity index is 2.40. The maximum Gasteiger partial charge on any atom is 0.141 e. The first-order valence-corrected chi connectivity index (χ1v) is 6.24. The number of anilines is 1. The summed E-state index contributed by atoms with van der Waals surface area (Å²) in [7, 11) is 0. The molecule has 0 aromatic carbocycles. The van der Waals surface area contributed by atoms with Crippen LogP contribution < -0.4 is 5.73 Å². The fourth-order valence-corrected chi connectivity index (χ4v) is 2.40. The quantitative estimate of drug-likeness (QED) is 0.863. The molecule has 0 bridgehead atoms. The molecule has 0 amide bonds. The highest BCUT2D eigenvalue weighted by molar-refractivity contribution is 6.33. The largest absolute Gasteiger partial charge is 0.383 e. The third kappa shape index (κ3) is 1.93. The Morgan fingerprint density at radius 2 is 2.00 bits per heavy atom. The summed E-state index contributed by atoms with van der Waals surface area (Å²) in [5.41, 5.74) is 6.88. The van der Waals surface area contributed by atoms with E-state index in [1.807, 2.05) is 4.68 Å². The van der Waals surface area contributed by atoms with Gasteiger partial charge >= 0.3 is 0 Å². The van der Waals surface area contributed by atoms with Crippen LogP contribution in [0.3, 0.4) is 0 Å². The van der Waals surface area contributed by atoms with Gasteiger partial charge in [0.15, 0.2) is 0 Å². The number of hydrogen-bond donors (Lipinski definition) is 1. The highest BCUT2D eigenvalue weighted by Crippen LogP contribution is 2.42. The highest BCUT2D eigenvalue weighted by Gasteiger charge is 2.33. The van der Waals surface area contributed by atoms with Crippen molar-refractivity contribution in [2.75, 3.05) is 5.73 Å². The normalized spacial score (nSPS) is 18.8. The second kappa shape index (κ2) is 3.66. The van der Waals surface area contributed by atoms with Crippen LogP contribution >= 0.6 is 11.6 Å². The van der Waals surface area contributed by atoms with Gasteiger partial charge in [0.2, 0.25) is 0 Å². The van der Waals surface area contributed by atoms with Crippen LogP contribution in [0.5, 0.6) is 0 Å². The molecule has 1 unspecified atom stereocenters. The number of halogens is 1. The Hall–Kier alpha value is -0.700. The van der Waals surface area contributed by atoms with Gasteiger partial charge in [0.1, 0.15) is 10.8 Å². The molecule has 1 heterocycles. The van der Waals surface area contributed by atoms with E-state index in [-0.39, 0.29) is 5.41 Å². The molecule has 1 aliphatic carbocycles. The monoisotopic (exact) mass is 241 g/mol. The highest BCUT2D eigenvalue weighted by atomic mass is 35.5. The number of hydrogen-bond acceptors (Lipinski definition) is 2. The molecule has 90 valence electrons. The predicted molar refractivity (Wildman–Crippen MR) is 67.8 cm³/mol. The van der Waals surface area contributed by atoms with Crippen molar-refractivity contribution in [2.45, 2.75) is 52.0 Å². The van der Waals surface area contributed by atoms with Crippen LogP contribution in [0.15, 0.2) is 0 Å². The molecular formula is C12H20ClN3. The van der Waals surface area contributed by atoms with Gasteiger partial charge in [0.25, 0.3) is 0 Å². The molecular weight excluding hydrogens is 222 g/mol. The van der Waals surface area contributed by atoms with Gasteiger partial charge in [0, 0.05) is 5.41 Å². The van der Waals surface area contributed by atoms with Crippen LogP contribution in [0.2, 0.25) is 5.02 Å². The van der Waals surface area contributed by atoms with E-state index in [4.69, 9.17) is 17.3 Å². The number of nitrogens with zero attached hydrogens (tertiary/aromatic N) is 2. The zero-order chi connectivity index (χ0) is 12.1. The first-order chi connectivity index (χ1) is 7.32. The molecule has 1 fully saturated rings. The summed E-state index contributed by atoms with van der Waals surface area (Å²) in [5.74, 6) is 1.34. The molecule has 1 aromatic heterocycles. The second-order valence-corrected chi connectivity index (χ2v) is 6.20. The SMILES string of the molecule is CC(C1CC1)n1nc(C(C)(C)C)c(Cl)c1N. The summed E-state index contributed by atoms with van der Waals surface area (Å²) in [4.78, 5) is 0. The zero-order valence-corrected chi connectivity index (χ0v) is 11.2. The molecule has 1 aliphatic rings. The molecule has 1 saturated carbocycles. The van der Waals surface area contributed by atoms with Crippen LogP contribution in [0.25, 0.3) is 0 Å². The summed E-state index contributed by atoms with van der Waals surface area (Å²) in [5, 5.41) is 5.23. The molecule has 0 spiro atoms. The minimum atomic E-state index is -0.0558. The van der Waals surface area contributed by atoms with Crippen molar-refractivity contribution in [3.63, 3.8) is 0 Å². The number of aromatic nitrogens is 2. The first-order valence-electron chi connectivity index (χ1n) is 5.86. The summed E-state index contributed by atoms with van der Waals surface area (Å²) < 4.78 is 1.90. The third-order valence-electron chi connectivity index (χ3n) is 3.29. The number of nitrogen functional groups attached to an aromatic ring is 1. The fraction of sp³-hybridized carbons (Fsp3) is 0.750. The van der Waals surface area contributed by atoms with Crippen molar-refractivity contribution in [1.82, 2.24) is 9.78 Å². The van der Waals surface area contributed by atoms with E-state index in [1.54, 1.807) is 0 Å². The van der Waals surface area contributed by atoms with Crippen molar-refractivity contribution >= 4 is 17.4 Å². The van der Waals surface area contributed by atoms with Gasteiger partial charge in [-0.05, 0) is 25.7 Å². The van der Waals surface area contributed by atoms with Gasteiger partial charge in [-0.25, -0.2) is 4.68 Å². The van der Waals surface area contributed by atoms with Crippen LogP contribution in [0, 0.1) is 5.92 Å². The molecule has 0 radical (unpaired) electrons. The van der Waals surface area contributed by atoms with Crippen LogP contribution in [0.4, 0.5) is 5.82 Å². The molecule has 3 nitrogen and oxygen atoms in total. The van der Waals surface area contributed by atoms with Gasteiger partial charge in [-0.2, -0.15) is 5.10 Å². The van der Waals surface area contributed by atoms with Crippen LogP contribution in [-0.2, 0) is 5.41 Å². The Labute approximate surface area is 102 Å². The van der Waals surface area contributed by atoms with E-state index in [1.165, 1.54) is 12.8 Å². The maximum atomic E-state index is 6.26. The van der Waals surface area contributed by atoms with Gasteiger partial charge in [-0.3, -0.25) is 0 Å². The van der Waals surface area contributed by atoms with E-state index in [2.05, 4.69) is 32.8 Å². The zero-order valence-electron chi connectivity index (χ0n) is 10.4. The molecule has 4 heteroatoms. The van der Waals surface area contributed by atoms with Gasteiger partial charge in [0.05, 0.1) is 11.7 Å². The summed E-state index contributed by atoms with van der Waals surface area (Å²) in [6.07, 6.45) is 2.56. The Morgan fingerprint density at radius 1 is 1.44 bits per heavy atom. The van der Waals surface area contributed by atoms with Crippen molar-refractivity contribution in [1.29, 1.82) is 0 Å². The molecule has 16 heavy (non-hydrogen) atoms. The van der Waals surface area contributed by atoms with E-state index in [9.17, 15) is 0 Å². The molecule has 0 saturated heterocycles. The molecule has 1 atom stereocenters. The van der Waals surface area contributed by atoms with Crippen molar-refractivity contribution in [2.24, 2.45) is 5.92 Å². The van der Waals surface area contributed by atoms with Gasteiger partial charge < -0.3 is 5.73 Å². The second-order valence-electron chi connectivity index (χ2n) is 5.82. The Morgan fingerprint density at radius 3 is 2.38 bits per heavy atom. The third-order valence-corrected chi connectivity index (χ3v) is 3.66. The standard InChI is InChI=1S/C12H20ClN3/c1-7(8-5-6-8)16-11(14)9(13)10(15-16)12(2,3)4/h7-8H,5-6,14H2,1-4H3. The molecule has 2 rings (SSSR count). The lowest BCUT2D eigenvalue weighted by Crippen LogP contribution is -2.15. The van der Waals surface area contributed by atoms with E-state index in [0.29, 0.717) is 16.9 Å². The van der Waals surface area contributed by atoms with Gasteiger partial charge in [-0.1, -0.05) is 32.4 Å². The molecule has 0 aliphatic heterocycles.